The molecule has 1 aromatic rings. The predicted molar refractivity (Wildman–Crippen MR) is 69.4 cm³/mol. The number of fused-ring (bicyclic) bond motifs is 1. The van der Waals surface area contributed by atoms with E-state index in [4.69, 9.17) is 5.73 Å². The van der Waals surface area contributed by atoms with Crippen molar-refractivity contribution in [1.82, 2.24) is 9.55 Å². The Morgan fingerprint density at radius 1 is 1.50 bits per heavy atom. The fourth-order valence-corrected chi connectivity index (χ4v) is 2.80. The van der Waals surface area contributed by atoms with Gasteiger partial charge < -0.3 is 10.3 Å². The zero-order chi connectivity index (χ0) is 11.9. The molecule has 2 heterocycles. The van der Waals surface area contributed by atoms with Gasteiger partial charge in [0.05, 0.1) is 5.69 Å². The summed E-state index contributed by atoms with van der Waals surface area (Å²) in [5.74, 6) is 1.20. The van der Waals surface area contributed by atoms with Gasteiger partial charge in [-0.2, -0.15) is 0 Å². The van der Waals surface area contributed by atoms with Gasteiger partial charge >= 0.3 is 0 Å². The normalized spacial score (nSPS) is 20.9. The quantitative estimate of drug-likeness (QED) is 0.862. The molecule has 2 rings (SSSR count). The summed E-state index contributed by atoms with van der Waals surface area (Å²) in [4.78, 5) is 4.64. The second-order valence-electron chi connectivity index (χ2n) is 5.91. The molecule has 0 amide bonds. The molecular weight excluding hydrogens is 266 g/mol. The number of aromatic nitrogens is 2. The van der Waals surface area contributed by atoms with Gasteiger partial charge in [-0.15, -0.1) is 0 Å². The highest BCUT2D eigenvalue weighted by atomic mass is 79.9. The maximum absolute atomic E-state index is 5.99. The zero-order valence-corrected chi connectivity index (χ0v) is 11.8. The number of nitrogens with two attached hydrogens (primary N) is 1. The molecule has 90 valence electrons. The lowest BCUT2D eigenvalue weighted by atomic mass is 9.92. The molecule has 3 nitrogen and oxygen atoms in total. The molecule has 0 aliphatic carbocycles. The van der Waals surface area contributed by atoms with E-state index in [2.05, 4.69) is 46.3 Å². The van der Waals surface area contributed by atoms with Crippen molar-refractivity contribution in [2.75, 3.05) is 0 Å². The van der Waals surface area contributed by atoms with E-state index in [0.717, 1.165) is 30.4 Å². The molecule has 1 unspecified atom stereocenters. The maximum Gasteiger partial charge on any atom is 0.127 e. The van der Waals surface area contributed by atoms with Crippen LogP contribution in [0.25, 0.3) is 0 Å². The summed E-state index contributed by atoms with van der Waals surface area (Å²) >= 11 is 3.55. The van der Waals surface area contributed by atoms with Crippen molar-refractivity contribution in [2.24, 2.45) is 11.1 Å². The molecule has 0 fully saturated rings. The van der Waals surface area contributed by atoms with Crippen molar-refractivity contribution in [3.8, 4) is 0 Å². The van der Waals surface area contributed by atoms with Crippen LogP contribution >= 0.6 is 15.9 Å². The van der Waals surface area contributed by atoms with Gasteiger partial charge in [-0.25, -0.2) is 4.98 Å². The van der Waals surface area contributed by atoms with Crippen LogP contribution in [-0.4, -0.2) is 15.6 Å². The van der Waals surface area contributed by atoms with Crippen LogP contribution in [0.5, 0.6) is 0 Å². The van der Waals surface area contributed by atoms with E-state index in [-0.39, 0.29) is 5.41 Å². The summed E-state index contributed by atoms with van der Waals surface area (Å²) in [6, 6.07) is 0.294. The average molecular weight is 286 g/mol. The Labute approximate surface area is 106 Å². The van der Waals surface area contributed by atoms with Crippen LogP contribution in [0.4, 0.5) is 0 Å². The molecule has 0 aromatic carbocycles. The summed E-state index contributed by atoms with van der Waals surface area (Å²) < 4.78 is 3.33. The Kier molecular flexibility index (Phi) is 3.14. The van der Waals surface area contributed by atoms with Crippen LogP contribution in [0.2, 0.25) is 0 Å². The summed E-state index contributed by atoms with van der Waals surface area (Å²) in [7, 11) is 0. The molecule has 16 heavy (non-hydrogen) atoms. The van der Waals surface area contributed by atoms with Gasteiger partial charge in [-0.1, -0.05) is 20.8 Å². The molecule has 0 spiro atoms. The van der Waals surface area contributed by atoms with Crippen molar-refractivity contribution < 1.29 is 0 Å². The van der Waals surface area contributed by atoms with E-state index in [1.54, 1.807) is 0 Å². The van der Waals surface area contributed by atoms with Gasteiger partial charge in [-0.05, 0) is 27.8 Å². The topological polar surface area (TPSA) is 43.8 Å². The molecule has 2 N–H and O–H groups in total. The monoisotopic (exact) mass is 285 g/mol. The van der Waals surface area contributed by atoms with Crippen LogP contribution in [0.3, 0.4) is 0 Å². The second kappa shape index (κ2) is 4.15. The highest BCUT2D eigenvalue weighted by molar-refractivity contribution is 9.10. The lowest BCUT2D eigenvalue weighted by Crippen LogP contribution is -2.31. The Balaban J connectivity index is 2.31. The van der Waals surface area contributed by atoms with E-state index in [1.165, 1.54) is 11.5 Å². The highest BCUT2D eigenvalue weighted by Crippen LogP contribution is 2.28. The number of halogens is 1. The first-order valence-electron chi connectivity index (χ1n) is 5.86. The number of hydrogen-bond donors (Lipinski definition) is 1. The van der Waals surface area contributed by atoms with Gasteiger partial charge in [0, 0.05) is 25.4 Å². The minimum absolute atomic E-state index is 0.279. The maximum atomic E-state index is 5.99. The van der Waals surface area contributed by atoms with Crippen LogP contribution in [0, 0.1) is 5.41 Å². The van der Waals surface area contributed by atoms with Gasteiger partial charge in [0.25, 0.3) is 0 Å². The Hall–Kier alpha value is -0.350. The van der Waals surface area contributed by atoms with E-state index in [9.17, 15) is 0 Å². The Bertz CT molecular complexity index is 390. The molecular formula is C12H20BrN3. The lowest BCUT2D eigenvalue weighted by molar-refractivity contribution is 0.379. The molecule has 1 aromatic heterocycles. The Morgan fingerprint density at radius 3 is 2.81 bits per heavy atom. The van der Waals surface area contributed by atoms with Crippen molar-refractivity contribution in [1.29, 1.82) is 0 Å². The molecule has 1 atom stereocenters. The summed E-state index contributed by atoms with van der Waals surface area (Å²) in [6.07, 6.45) is 3.02. The number of imidazole rings is 1. The van der Waals surface area contributed by atoms with Crippen LogP contribution in [-0.2, 0) is 19.4 Å². The van der Waals surface area contributed by atoms with Crippen LogP contribution in [0.15, 0.2) is 4.60 Å². The summed E-state index contributed by atoms with van der Waals surface area (Å²) in [6.45, 7) is 7.76. The van der Waals surface area contributed by atoms with E-state index in [1.807, 2.05) is 0 Å². The summed E-state index contributed by atoms with van der Waals surface area (Å²) in [5.41, 5.74) is 7.55. The second-order valence-corrected chi connectivity index (χ2v) is 6.66. The molecule has 1 aliphatic rings. The standard InChI is InChI=1S/C12H20BrN3/c1-12(2,3)7-10-15-11(13)9-6-8(14)4-5-16(9)10/h8H,4-7,14H2,1-3H3. The predicted octanol–water partition coefficient (Wildman–Crippen LogP) is 2.51. The van der Waals surface area contributed by atoms with E-state index < -0.39 is 0 Å². The molecule has 1 aliphatic heterocycles. The SMILES string of the molecule is CC(C)(C)Cc1nc(Br)c2n1CCC(N)C2. The molecule has 0 radical (unpaired) electrons. The van der Waals surface area contributed by atoms with Gasteiger partial charge in [-0.3, -0.25) is 0 Å². The smallest absolute Gasteiger partial charge is 0.127 e. The van der Waals surface area contributed by atoms with E-state index >= 15 is 0 Å². The molecule has 0 saturated heterocycles. The Morgan fingerprint density at radius 2 is 2.19 bits per heavy atom. The first-order valence-corrected chi connectivity index (χ1v) is 6.65. The fourth-order valence-electron chi connectivity index (χ4n) is 2.22. The van der Waals surface area contributed by atoms with Gasteiger partial charge in [0.1, 0.15) is 10.4 Å². The molecule has 0 saturated carbocycles. The van der Waals surface area contributed by atoms with Crippen LogP contribution in [0.1, 0.15) is 38.7 Å². The number of nitrogens with zero attached hydrogens (tertiary/aromatic N) is 2. The summed E-state index contributed by atoms with van der Waals surface area (Å²) in [5, 5.41) is 0. The first-order chi connectivity index (χ1) is 7.37. The first kappa shape index (κ1) is 12.1. The van der Waals surface area contributed by atoms with Crippen molar-refractivity contribution in [3.05, 3.63) is 16.1 Å². The fraction of sp³-hybridized carbons (Fsp3) is 0.750. The lowest BCUT2D eigenvalue weighted by Gasteiger charge is -2.24. The largest absolute Gasteiger partial charge is 0.331 e. The highest BCUT2D eigenvalue weighted by Gasteiger charge is 2.24. The van der Waals surface area contributed by atoms with Crippen LogP contribution < -0.4 is 5.73 Å². The third-order valence-corrected chi connectivity index (χ3v) is 3.61. The zero-order valence-electron chi connectivity index (χ0n) is 10.3. The van der Waals surface area contributed by atoms with Crippen molar-refractivity contribution in [2.45, 2.75) is 52.6 Å². The average Bonchev–Trinajstić information content (AvgIpc) is 2.40. The molecule has 0 bridgehead atoms. The minimum Gasteiger partial charge on any atom is -0.331 e. The van der Waals surface area contributed by atoms with Gasteiger partial charge in [0.2, 0.25) is 0 Å². The number of hydrogen-bond acceptors (Lipinski definition) is 2. The minimum atomic E-state index is 0.279. The molecule has 4 heteroatoms. The van der Waals surface area contributed by atoms with Crippen molar-refractivity contribution in [3.63, 3.8) is 0 Å². The third kappa shape index (κ3) is 2.48. The van der Waals surface area contributed by atoms with Gasteiger partial charge in [0.15, 0.2) is 0 Å². The van der Waals surface area contributed by atoms with E-state index in [0.29, 0.717) is 6.04 Å². The number of rotatable bonds is 1. The third-order valence-electron chi connectivity index (χ3n) is 2.97. The van der Waals surface area contributed by atoms with Crippen molar-refractivity contribution >= 4 is 15.9 Å².